The maximum atomic E-state index is 11.3. The van der Waals surface area contributed by atoms with Gasteiger partial charge in [-0.2, -0.15) is 0 Å². The number of nitroso groups, excluding NO2 is 1. The van der Waals surface area contributed by atoms with Gasteiger partial charge in [-0.05, 0) is 11.6 Å². The number of carbonyl (C=O) groups excluding carboxylic acids is 1. The van der Waals surface area contributed by atoms with Crippen molar-refractivity contribution in [3.05, 3.63) is 4.91 Å². The van der Waals surface area contributed by atoms with E-state index < -0.39 is 12.0 Å². The Labute approximate surface area is 110 Å². The Balaban J connectivity index is 3.34. The average Bonchev–Trinajstić information content (AvgIpc) is 2.38. The van der Waals surface area contributed by atoms with E-state index in [2.05, 4.69) is 10.5 Å². The molecule has 9 nitrogen and oxygen atoms in total. The molecule has 0 aliphatic rings. The van der Waals surface area contributed by atoms with E-state index in [-0.39, 0.29) is 32.1 Å². The Morgan fingerprint density at radius 2 is 1.95 bits per heavy atom. The smallest absolute Gasteiger partial charge is 0.320 e. The van der Waals surface area contributed by atoms with Gasteiger partial charge < -0.3 is 25.6 Å². The van der Waals surface area contributed by atoms with Gasteiger partial charge in [0.25, 0.3) is 0 Å². The SMILES string of the molecule is NC(CCC(=O)NCCOCCOCN=O)C(=O)O. The standard InChI is InChI=1S/C10H19N3O6/c11-8(10(15)16)1-2-9(14)12-3-4-18-5-6-19-7-13-17/h8H,1-7,11H2,(H,12,14)(H,15,16). The lowest BCUT2D eigenvalue weighted by Crippen LogP contribution is -2.33. The number of carbonyl (C=O) groups is 2. The molecule has 0 radical (unpaired) electrons. The largest absolute Gasteiger partial charge is 0.480 e. The van der Waals surface area contributed by atoms with Gasteiger partial charge in [-0.1, -0.05) is 0 Å². The fourth-order valence-corrected chi connectivity index (χ4v) is 1.08. The van der Waals surface area contributed by atoms with Crippen LogP contribution in [0.2, 0.25) is 0 Å². The minimum atomic E-state index is -1.12. The van der Waals surface area contributed by atoms with Crippen molar-refractivity contribution >= 4 is 11.9 Å². The lowest BCUT2D eigenvalue weighted by atomic mass is 10.1. The Bertz CT molecular complexity index is 286. The predicted molar refractivity (Wildman–Crippen MR) is 65.3 cm³/mol. The molecule has 1 atom stereocenters. The summed E-state index contributed by atoms with van der Waals surface area (Å²) in [5.74, 6) is -1.40. The molecular weight excluding hydrogens is 258 g/mol. The fraction of sp³-hybridized carbons (Fsp3) is 0.800. The summed E-state index contributed by atoms with van der Waals surface area (Å²) >= 11 is 0. The summed E-state index contributed by atoms with van der Waals surface area (Å²) in [4.78, 5) is 31.3. The van der Waals surface area contributed by atoms with Crippen LogP contribution in [0.25, 0.3) is 0 Å². The van der Waals surface area contributed by atoms with Gasteiger partial charge in [-0.25, -0.2) is 0 Å². The normalized spacial score (nSPS) is 11.8. The van der Waals surface area contributed by atoms with Crippen LogP contribution in [0.15, 0.2) is 5.18 Å². The van der Waals surface area contributed by atoms with E-state index in [1.54, 1.807) is 0 Å². The van der Waals surface area contributed by atoms with Crippen molar-refractivity contribution in [2.45, 2.75) is 18.9 Å². The molecule has 0 aliphatic carbocycles. The topological polar surface area (TPSA) is 140 Å². The monoisotopic (exact) mass is 277 g/mol. The molecule has 19 heavy (non-hydrogen) atoms. The summed E-state index contributed by atoms with van der Waals surface area (Å²) in [5.41, 5.74) is 5.25. The number of aliphatic carboxylic acids is 1. The van der Waals surface area contributed by atoms with E-state index in [1.165, 1.54) is 0 Å². The number of nitrogens with one attached hydrogen (secondary N) is 1. The highest BCUT2D eigenvalue weighted by molar-refractivity contribution is 5.78. The highest BCUT2D eigenvalue weighted by atomic mass is 16.5. The van der Waals surface area contributed by atoms with Gasteiger partial charge in [-0.15, -0.1) is 4.91 Å². The molecule has 0 fully saturated rings. The second kappa shape index (κ2) is 11.5. The van der Waals surface area contributed by atoms with Crippen molar-refractivity contribution in [3.8, 4) is 0 Å². The van der Waals surface area contributed by atoms with Crippen LogP contribution in [-0.4, -0.2) is 56.1 Å². The summed E-state index contributed by atoms with van der Waals surface area (Å²) in [6, 6.07) is -1.02. The third kappa shape index (κ3) is 11.3. The zero-order chi connectivity index (χ0) is 14.5. The van der Waals surface area contributed by atoms with Crippen molar-refractivity contribution in [3.63, 3.8) is 0 Å². The quantitative estimate of drug-likeness (QED) is 0.308. The molecule has 0 rings (SSSR count). The van der Waals surface area contributed by atoms with Gasteiger partial charge in [0.2, 0.25) is 5.91 Å². The van der Waals surface area contributed by atoms with Crippen LogP contribution in [0.4, 0.5) is 0 Å². The second-order valence-electron chi connectivity index (χ2n) is 3.61. The van der Waals surface area contributed by atoms with E-state index in [0.717, 1.165) is 0 Å². The molecular formula is C10H19N3O6. The lowest BCUT2D eigenvalue weighted by Gasteiger charge is -2.08. The van der Waals surface area contributed by atoms with E-state index >= 15 is 0 Å². The number of nitrogens with zero attached hydrogens (tertiary/aromatic N) is 1. The third-order valence-corrected chi connectivity index (χ3v) is 2.08. The van der Waals surface area contributed by atoms with Crippen LogP contribution >= 0.6 is 0 Å². The third-order valence-electron chi connectivity index (χ3n) is 2.08. The van der Waals surface area contributed by atoms with E-state index in [4.69, 9.17) is 20.3 Å². The molecule has 0 aromatic heterocycles. The van der Waals surface area contributed by atoms with Gasteiger partial charge in [0.05, 0.1) is 19.8 Å². The minimum Gasteiger partial charge on any atom is -0.480 e. The summed E-state index contributed by atoms with van der Waals surface area (Å²) in [6.07, 6.45) is 0.149. The van der Waals surface area contributed by atoms with E-state index in [9.17, 15) is 14.5 Å². The average molecular weight is 277 g/mol. The zero-order valence-electron chi connectivity index (χ0n) is 10.5. The minimum absolute atomic E-state index is 0.0571. The zero-order valence-corrected chi connectivity index (χ0v) is 10.5. The number of carboxylic acids is 1. The molecule has 0 aliphatic heterocycles. The Morgan fingerprint density at radius 1 is 1.26 bits per heavy atom. The Hall–Kier alpha value is -1.58. The molecule has 0 spiro atoms. The summed E-state index contributed by atoms with van der Waals surface area (Å²) in [7, 11) is 0. The first-order chi connectivity index (χ1) is 9.07. The van der Waals surface area contributed by atoms with E-state index in [1.807, 2.05) is 0 Å². The van der Waals surface area contributed by atoms with Gasteiger partial charge in [0.1, 0.15) is 6.04 Å². The van der Waals surface area contributed by atoms with Crippen LogP contribution in [-0.2, 0) is 19.1 Å². The van der Waals surface area contributed by atoms with Crippen LogP contribution in [0, 0.1) is 4.91 Å². The molecule has 0 heterocycles. The molecule has 1 amide bonds. The molecule has 1 unspecified atom stereocenters. The van der Waals surface area contributed by atoms with Crippen molar-refractivity contribution < 1.29 is 24.2 Å². The van der Waals surface area contributed by atoms with Crippen molar-refractivity contribution in [1.82, 2.24) is 5.32 Å². The highest BCUT2D eigenvalue weighted by Gasteiger charge is 2.12. The summed E-state index contributed by atoms with van der Waals surface area (Å²) in [5, 5.41) is 13.6. The first kappa shape index (κ1) is 17.4. The first-order valence-electron chi connectivity index (χ1n) is 5.77. The molecule has 0 saturated heterocycles. The second-order valence-corrected chi connectivity index (χ2v) is 3.61. The maximum Gasteiger partial charge on any atom is 0.320 e. The van der Waals surface area contributed by atoms with Crippen LogP contribution in [0.5, 0.6) is 0 Å². The van der Waals surface area contributed by atoms with Crippen molar-refractivity contribution in [2.75, 3.05) is 33.1 Å². The number of amides is 1. The van der Waals surface area contributed by atoms with Gasteiger partial charge in [0.15, 0.2) is 6.73 Å². The number of hydrogen-bond donors (Lipinski definition) is 3. The number of hydrogen-bond acceptors (Lipinski definition) is 7. The molecule has 4 N–H and O–H groups in total. The number of nitrogens with two attached hydrogens (primary N) is 1. The molecule has 0 saturated carbocycles. The Kier molecular flexibility index (Phi) is 10.6. The predicted octanol–water partition coefficient (Wildman–Crippen LogP) is -0.948. The fourth-order valence-electron chi connectivity index (χ4n) is 1.08. The molecule has 0 bridgehead atoms. The molecule has 9 heteroatoms. The van der Waals surface area contributed by atoms with Gasteiger partial charge in [-0.3, -0.25) is 9.59 Å². The van der Waals surface area contributed by atoms with Gasteiger partial charge in [0, 0.05) is 13.0 Å². The van der Waals surface area contributed by atoms with Gasteiger partial charge >= 0.3 is 5.97 Å². The van der Waals surface area contributed by atoms with Crippen molar-refractivity contribution in [2.24, 2.45) is 10.9 Å². The summed E-state index contributed by atoms with van der Waals surface area (Å²) in [6.45, 7) is 0.966. The van der Waals surface area contributed by atoms with Crippen LogP contribution in [0.1, 0.15) is 12.8 Å². The number of carboxylic acid groups (broad SMARTS) is 1. The molecule has 0 aromatic carbocycles. The lowest BCUT2D eigenvalue weighted by molar-refractivity contribution is -0.138. The maximum absolute atomic E-state index is 11.3. The number of rotatable bonds is 12. The Morgan fingerprint density at radius 3 is 2.58 bits per heavy atom. The number of ether oxygens (including phenoxy) is 2. The highest BCUT2D eigenvalue weighted by Crippen LogP contribution is 1.94. The van der Waals surface area contributed by atoms with Crippen molar-refractivity contribution in [1.29, 1.82) is 0 Å². The molecule has 0 aromatic rings. The van der Waals surface area contributed by atoms with Crippen LogP contribution < -0.4 is 11.1 Å². The summed E-state index contributed by atoms with van der Waals surface area (Å²) < 4.78 is 9.83. The van der Waals surface area contributed by atoms with Crippen LogP contribution in [0.3, 0.4) is 0 Å². The first-order valence-corrected chi connectivity index (χ1v) is 5.77. The van der Waals surface area contributed by atoms with E-state index in [0.29, 0.717) is 19.8 Å². The molecule has 110 valence electrons.